The van der Waals surface area contributed by atoms with Gasteiger partial charge in [0.05, 0.1) is 5.92 Å². The maximum atomic E-state index is 2.68. The molecule has 0 saturated heterocycles. The monoisotopic (exact) mass is 1990 g/mol. The third-order valence-corrected chi connectivity index (χ3v) is 31.3. The summed E-state index contributed by atoms with van der Waals surface area (Å²) in [5, 5.41) is 0. The number of halogens is 15. The van der Waals surface area contributed by atoms with Gasteiger partial charge in [-0.2, -0.15) is 0 Å². The first-order valence-electron chi connectivity index (χ1n) is 4.33. The predicted octanol–water partition coefficient (Wildman–Crippen LogP) is 12.1. The van der Waals surface area contributed by atoms with Crippen molar-refractivity contribution in [3.63, 3.8) is 0 Å². The number of alkyl halides is 15. The Morgan fingerprint density at radius 1 is 0.409 bits per heavy atom. The van der Waals surface area contributed by atoms with Crippen molar-refractivity contribution in [3.05, 3.63) is 5.92 Å². The minimum atomic E-state index is -0.0219. The Morgan fingerprint density at radius 2 is 0.682 bits per heavy atom. The number of hydrogen-bond donors (Lipinski definition) is 0. The van der Waals surface area contributed by atoms with Crippen molar-refractivity contribution in [1.29, 1.82) is 0 Å². The van der Waals surface area contributed by atoms with E-state index < -0.39 is 0 Å². The Morgan fingerprint density at radius 3 is 0.864 bits per heavy atom. The molecule has 0 N–H and O–H groups in total. The first kappa shape index (κ1) is 33.0. The van der Waals surface area contributed by atoms with E-state index in [4.69, 9.17) is 0 Å². The van der Waals surface area contributed by atoms with E-state index in [-0.39, 0.29) is 2.59 Å². The average molecular weight is 1990 g/mol. The van der Waals surface area contributed by atoms with E-state index in [1.165, 1.54) is 5.92 Å². The molecule has 0 saturated carbocycles. The molecule has 0 aliphatic heterocycles. The van der Waals surface area contributed by atoms with E-state index in [2.05, 4.69) is 339 Å². The van der Waals surface area contributed by atoms with Crippen molar-refractivity contribution in [2.45, 2.75) is 2.59 Å². The molecule has 22 heavy (non-hydrogen) atoms. The third kappa shape index (κ3) is 8.87. The van der Waals surface area contributed by atoms with E-state index in [0.717, 1.165) is 0 Å². The largest absolute Gasteiger partial charge is 0.149 e. The Hall–Kier alpha value is 11.0. The van der Waals surface area contributed by atoms with Gasteiger partial charge in [0.25, 0.3) is 0 Å². The van der Waals surface area contributed by atoms with Gasteiger partial charge in [0.1, 0.15) is 2.59 Å². The van der Waals surface area contributed by atoms with Gasteiger partial charge < -0.3 is 0 Å². The topological polar surface area (TPSA) is 0 Å². The summed E-state index contributed by atoms with van der Waals surface area (Å²) in [6.07, 6.45) is 0. The molecule has 0 atom stereocenters. The van der Waals surface area contributed by atoms with Crippen molar-refractivity contribution in [1.82, 2.24) is 0 Å². The molecule has 0 amide bonds. The Labute approximate surface area is 336 Å². The van der Waals surface area contributed by atoms with Gasteiger partial charge in [-0.1, -0.05) is 339 Å². The zero-order valence-corrected chi connectivity index (χ0v) is 41.5. The van der Waals surface area contributed by atoms with Gasteiger partial charge in [0, 0.05) is 0 Å². The van der Waals surface area contributed by atoms with Crippen molar-refractivity contribution < 1.29 is 0 Å². The van der Waals surface area contributed by atoms with Crippen LogP contribution in [0.5, 0.6) is 0 Å². The molecule has 0 aromatic carbocycles. The van der Waals surface area contributed by atoms with Crippen LogP contribution >= 0.6 is 339 Å². The van der Waals surface area contributed by atoms with E-state index in [1.54, 1.807) is 0 Å². The molecule has 0 aromatic heterocycles. The maximum absolute atomic E-state index is 2.68. The molecule has 0 nitrogen and oxygen atoms in total. The summed E-state index contributed by atoms with van der Waals surface area (Å²) in [7, 11) is 0. The van der Waals surface area contributed by atoms with Crippen LogP contribution in [0.1, 0.15) is 0 Å². The summed E-state index contributed by atoms with van der Waals surface area (Å²) in [6, 6.07) is 0. The number of rotatable bonds is 6. The quantitative estimate of drug-likeness (QED) is 0.184. The van der Waals surface area contributed by atoms with Crippen molar-refractivity contribution in [2.24, 2.45) is 0 Å². The van der Waals surface area contributed by atoms with Crippen LogP contribution < -0.4 is 0 Å². The summed E-state index contributed by atoms with van der Waals surface area (Å²) < 4.78 is 0.243. The molecule has 0 aliphatic rings. The van der Waals surface area contributed by atoms with Crippen LogP contribution in [0.4, 0.5) is 0 Å². The molecule has 0 aromatic rings. The maximum Gasteiger partial charge on any atom is 0.149 e. The summed E-state index contributed by atoms with van der Waals surface area (Å²) in [6.45, 7) is 0. The molecule has 0 rings (SSSR count). The van der Waals surface area contributed by atoms with Gasteiger partial charge in [-0.3, -0.25) is 0 Å². The Kier molecular flexibility index (Phi) is 18.4. The molecular weight excluding hydrogens is 1990 g/mol. The normalized spacial score (nSPS) is 16.4. The zero-order chi connectivity index (χ0) is 18.6. The molecule has 1 radical (unpaired) electrons. The predicted molar refractivity (Wildman–Crippen MR) is 230 cm³/mol. The van der Waals surface area contributed by atoms with E-state index in [9.17, 15) is 0 Å². The van der Waals surface area contributed by atoms with Gasteiger partial charge in [-0.25, -0.2) is 0 Å². The lowest BCUT2D eigenvalue weighted by Crippen LogP contribution is -2.59. The van der Waals surface area contributed by atoms with E-state index >= 15 is 0 Å². The fraction of sp³-hybridized carbons (Fsp3) is 0.857. The summed E-state index contributed by atoms with van der Waals surface area (Å²) in [4.78, 5) is 0. The fourth-order valence-electron chi connectivity index (χ4n) is 1.05. The second-order valence-corrected chi connectivity index (χ2v) is 52.6. The molecule has 133 valence electrons. The van der Waals surface area contributed by atoms with Gasteiger partial charge in [0.2, 0.25) is 0 Å². The van der Waals surface area contributed by atoms with Crippen molar-refractivity contribution in [3.8, 4) is 0 Å². The van der Waals surface area contributed by atoms with Crippen LogP contribution in [0, 0.1) is 5.92 Å². The molecule has 0 spiro atoms. The Balaban J connectivity index is 6.30. The van der Waals surface area contributed by atoms with Crippen LogP contribution in [0.15, 0.2) is 0 Å². The smallest absolute Gasteiger partial charge is 0.0639 e. The third-order valence-electron chi connectivity index (χ3n) is 2.03. The molecule has 0 aliphatic carbocycles. The lowest BCUT2D eigenvalue weighted by Gasteiger charge is -2.53. The van der Waals surface area contributed by atoms with E-state index in [0.29, 0.717) is 0 Å². The minimum absolute atomic E-state index is 0.0101. The minimum Gasteiger partial charge on any atom is -0.0639 e. The summed E-state index contributed by atoms with van der Waals surface area (Å²) in [5.74, 6) is 1.53. The molecule has 0 bridgehead atoms. The molecule has 0 fully saturated rings. The van der Waals surface area contributed by atoms with Crippen LogP contribution in [0.3, 0.4) is 0 Å². The van der Waals surface area contributed by atoms with Crippen LogP contribution in [-0.2, 0) is 0 Å². The lowest BCUT2D eigenvalue weighted by molar-refractivity contribution is 0.784. The number of hydrogen-bond acceptors (Lipinski definition) is 0. The zero-order valence-electron chi connectivity index (χ0n) is 9.17. The summed E-state index contributed by atoms with van der Waals surface area (Å²) >= 11 is 39.2. The van der Waals surface area contributed by atoms with Crippen molar-refractivity contribution in [2.75, 3.05) is 0 Å². The van der Waals surface area contributed by atoms with Gasteiger partial charge in [-0.05, 0) is 0 Å². The highest BCUT2D eigenvalue weighted by Gasteiger charge is 2.70. The van der Waals surface area contributed by atoms with Crippen LogP contribution in [0.25, 0.3) is 0 Å². The Bertz CT molecular complexity index is 378. The standard InChI is InChI=1S/C7I15/c8-2(9,1(3(10,11)12)4(13,14)15)5(16,17)6(18,19)7(20,21)22. The highest BCUT2D eigenvalue weighted by Crippen LogP contribution is 2.76. The first-order valence-corrected chi connectivity index (χ1v) is 20.5. The second-order valence-electron chi connectivity index (χ2n) is 3.59. The second kappa shape index (κ2) is 12.3. The average Bonchev–Trinajstić information content (AvgIpc) is 2.08. The van der Waals surface area contributed by atoms with Gasteiger partial charge in [0.15, 0.2) is 0 Å². The first-order chi connectivity index (χ1) is 9.12. The summed E-state index contributed by atoms with van der Waals surface area (Å²) in [5.41, 5.74) is 0. The van der Waals surface area contributed by atoms with Crippen LogP contribution in [-0.4, -0.2) is 2.59 Å². The van der Waals surface area contributed by atoms with Crippen LogP contribution in [0.2, 0.25) is 0 Å². The SMILES string of the molecule is IC(I)(I)[C](C(I)(I)I)C(I)(I)C(I)(I)C(I)(I)C(I)(I)I. The fourth-order valence-corrected chi connectivity index (χ4v) is 27.7. The van der Waals surface area contributed by atoms with Gasteiger partial charge >= 0.3 is 0 Å². The molecule has 15 heteroatoms. The lowest BCUT2D eigenvalue weighted by atomic mass is 10.1. The highest BCUT2D eigenvalue weighted by atomic mass is 127. The molecule has 0 heterocycles. The van der Waals surface area contributed by atoms with E-state index in [1.807, 2.05) is 0 Å². The molecule has 0 unspecified atom stereocenters. The van der Waals surface area contributed by atoms with Crippen molar-refractivity contribution >= 4 is 339 Å². The molecular formula is C7I15. The highest BCUT2D eigenvalue weighted by molar-refractivity contribution is 14.3. The van der Waals surface area contributed by atoms with Gasteiger partial charge in [-0.15, -0.1) is 0 Å².